The van der Waals surface area contributed by atoms with Crippen molar-refractivity contribution >= 4 is 16.3 Å². The molecule has 0 radical (unpaired) electrons. The molecular formula is C27H38. The minimum Gasteiger partial charge on any atom is -0.0804 e. The van der Waals surface area contributed by atoms with E-state index in [1.165, 1.54) is 86.1 Å². The fourth-order valence-electron chi connectivity index (χ4n) is 4.51. The maximum absolute atomic E-state index is 2.53. The normalized spacial score (nSPS) is 18.5. The zero-order valence-corrected chi connectivity index (χ0v) is 17.8. The average Bonchev–Trinajstić information content (AvgIpc) is 2.71. The summed E-state index contributed by atoms with van der Waals surface area (Å²) in [7, 11) is 0. The quantitative estimate of drug-likeness (QED) is 0.392. The first-order valence-corrected chi connectivity index (χ1v) is 11.4. The molecule has 0 nitrogen and oxygen atoms in total. The lowest BCUT2D eigenvalue weighted by molar-refractivity contribution is 0.362. The Morgan fingerprint density at radius 1 is 0.963 bits per heavy atom. The lowest BCUT2D eigenvalue weighted by Crippen LogP contribution is -2.09. The molecule has 146 valence electrons. The summed E-state index contributed by atoms with van der Waals surface area (Å²) in [4.78, 5) is 0. The predicted octanol–water partition coefficient (Wildman–Crippen LogP) is 8.58. The summed E-state index contributed by atoms with van der Waals surface area (Å²) in [5.41, 5.74) is 4.51. The van der Waals surface area contributed by atoms with E-state index in [0.29, 0.717) is 0 Å². The van der Waals surface area contributed by atoms with Gasteiger partial charge in [0.1, 0.15) is 0 Å². The second kappa shape index (κ2) is 10.1. The SMILES string of the molecule is CCCCCCc1ccc2cc(C3=CCC(CC(C)CC)CC3)ccc2c1. The van der Waals surface area contributed by atoms with Gasteiger partial charge in [0.05, 0.1) is 0 Å². The van der Waals surface area contributed by atoms with Crippen LogP contribution in [0.15, 0.2) is 42.5 Å². The fourth-order valence-corrected chi connectivity index (χ4v) is 4.51. The Hall–Kier alpha value is -1.56. The van der Waals surface area contributed by atoms with E-state index < -0.39 is 0 Å². The molecule has 0 N–H and O–H groups in total. The van der Waals surface area contributed by atoms with Crippen molar-refractivity contribution in [1.82, 2.24) is 0 Å². The van der Waals surface area contributed by atoms with Gasteiger partial charge >= 0.3 is 0 Å². The first kappa shape index (κ1) is 20.2. The van der Waals surface area contributed by atoms with Gasteiger partial charge in [0.15, 0.2) is 0 Å². The highest BCUT2D eigenvalue weighted by Gasteiger charge is 2.17. The molecule has 2 unspecified atom stereocenters. The zero-order chi connectivity index (χ0) is 19.1. The standard InChI is InChI=1S/C27H38/c1-4-6-7-8-9-22-12-15-27-20-26(17-16-25(27)19-22)24-13-10-23(11-14-24)18-21(3)5-2/h12-13,15-17,19-21,23H,4-11,14,18H2,1-3H3. The molecule has 1 aliphatic carbocycles. The first-order valence-electron chi connectivity index (χ1n) is 11.4. The van der Waals surface area contributed by atoms with Crippen molar-refractivity contribution in [3.63, 3.8) is 0 Å². The molecule has 1 aliphatic rings. The number of hydrogen-bond acceptors (Lipinski definition) is 0. The van der Waals surface area contributed by atoms with E-state index >= 15 is 0 Å². The van der Waals surface area contributed by atoms with E-state index in [0.717, 1.165) is 11.8 Å². The highest BCUT2D eigenvalue weighted by molar-refractivity contribution is 5.87. The molecule has 0 saturated carbocycles. The molecule has 3 rings (SSSR count). The van der Waals surface area contributed by atoms with Gasteiger partial charge in [-0.1, -0.05) is 82.9 Å². The molecule has 27 heavy (non-hydrogen) atoms. The van der Waals surface area contributed by atoms with Crippen molar-refractivity contribution in [3.05, 3.63) is 53.6 Å². The van der Waals surface area contributed by atoms with Crippen LogP contribution in [-0.2, 0) is 6.42 Å². The Morgan fingerprint density at radius 2 is 1.78 bits per heavy atom. The third-order valence-electron chi connectivity index (χ3n) is 6.55. The molecule has 0 saturated heterocycles. The van der Waals surface area contributed by atoms with Crippen LogP contribution in [0, 0.1) is 11.8 Å². The van der Waals surface area contributed by atoms with Crippen LogP contribution in [0.1, 0.15) is 89.7 Å². The summed E-state index contributed by atoms with van der Waals surface area (Å²) >= 11 is 0. The van der Waals surface area contributed by atoms with E-state index in [1.807, 2.05) is 0 Å². The number of hydrogen-bond donors (Lipinski definition) is 0. The maximum Gasteiger partial charge on any atom is -0.0178 e. The Kier molecular flexibility index (Phi) is 7.56. The van der Waals surface area contributed by atoms with Crippen molar-refractivity contribution in [2.75, 3.05) is 0 Å². The number of rotatable bonds is 9. The third-order valence-corrected chi connectivity index (χ3v) is 6.55. The summed E-state index contributed by atoms with van der Waals surface area (Å²) in [5, 5.41) is 2.80. The Balaban J connectivity index is 1.64. The van der Waals surface area contributed by atoms with Crippen molar-refractivity contribution in [2.45, 2.75) is 85.0 Å². The topological polar surface area (TPSA) is 0 Å². The molecule has 0 spiro atoms. The second-order valence-electron chi connectivity index (χ2n) is 8.83. The monoisotopic (exact) mass is 362 g/mol. The van der Waals surface area contributed by atoms with E-state index in [1.54, 1.807) is 5.57 Å². The van der Waals surface area contributed by atoms with E-state index in [2.05, 4.69) is 63.2 Å². The van der Waals surface area contributed by atoms with Gasteiger partial charge < -0.3 is 0 Å². The number of allylic oxidation sites excluding steroid dienone is 2. The molecule has 0 heterocycles. The molecule has 0 aromatic heterocycles. The van der Waals surface area contributed by atoms with Gasteiger partial charge in [-0.3, -0.25) is 0 Å². The Bertz CT molecular complexity index is 752. The highest BCUT2D eigenvalue weighted by Crippen LogP contribution is 2.35. The van der Waals surface area contributed by atoms with Crippen molar-refractivity contribution in [1.29, 1.82) is 0 Å². The maximum atomic E-state index is 2.53. The molecule has 2 atom stereocenters. The first-order chi connectivity index (χ1) is 13.2. The minimum atomic E-state index is 0.877. The third kappa shape index (κ3) is 5.71. The van der Waals surface area contributed by atoms with Crippen molar-refractivity contribution < 1.29 is 0 Å². The van der Waals surface area contributed by atoms with Crippen LogP contribution >= 0.6 is 0 Å². The minimum absolute atomic E-state index is 0.877. The number of fused-ring (bicyclic) bond motifs is 1. The molecule has 0 bridgehead atoms. The van der Waals surface area contributed by atoms with Crippen LogP contribution in [0.3, 0.4) is 0 Å². The number of unbranched alkanes of at least 4 members (excludes halogenated alkanes) is 3. The molecular weight excluding hydrogens is 324 g/mol. The highest BCUT2D eigenvalue weighted by atomic mass is 14.2. The van der Waals surface area contributed by atoms with Crippen LogP contribution < -0.4 is 0 Å². The van der Waals surface area contributed by atoms with Crippen LogP contribution in [0.2, 0.25) is 0 Å². The lowest BCUT2D eigenvalue weighted by Gasteiger charge is -2.24. The second-order valence-corrected chi connectivity index (χ2v) is 8.83. The van der Waals surface area contributed by atoms with Gasteiger partial charge in [-0.25, -0.2) is 0 Å². The van der Waals surface area contributed by atoms with Crippen LogP contribution in [0.4, 0.5) is 0 Å². The van der Waals surface area contributed by atoms with Gasteiger partial charge in [-0.05, 0) is 83.9 Å². The molecule has 2 aromatic carbocycles. The van der Waals surface area contributed by atoms with E-state index in [9.17, 15) is 0 Å². The summed E-state index contributed by atoms with van der Waals surface area (Å²) in [6, 6.07) is 14.2. The number of aryl methyl sites for hydroxylation is 1. The van der Waals surface area contributed by atoms with E-state index in [-0.39, 0.29) is 0 Å². The fraction of sp³-hybridized carbons (Fsp3) is 0.556. The van der Waals surface area contributed by atoms with E-state index in [4.69, 9.17) is 0 Å². The number of benzene rings is 2. The Morgan fingerprint density at radius 3 is 2.52 bits per heavy atom. The molecule has 0 fully saturated rings. The zero-order valence-electron chi connectivity index (χ0n) is 17.8. The largest absolute Gasteiger partial charge is 0.0804 e. The summed E-state index contributed by atoms with van der Waals surface area (Å²) in [6.07, 6.45) is 15.7. The summed E-state index contributed by atoms with van der Waals surface area (Å²) in [5.74, 6) is 1.78. The van der Waals surface area contributed by atoms with Gasteiger partial charge in [0.2, 0.25) is 0 Å². The van der Waals surface area contributed by atoms with Crippen molar-refractivity contribution in [2.24, 2.45) is 11.8 Å². The predicted molar refractivity (Wildman–Crippen MR) is 121 cm³/mol. The average molecular weight is 363 g/mol. The smallest absolute Gasteiger partial charge is 0.0178 e. The summed E-state index contributed by atoms with van der Waals surface area (Å²) < 4.78 is 0. The Labute approximate surface area is 167 Å². The summed E-state index contributed by atoms with van der Waals surface area (Å²) in [6.45, 7) is 7.00. The molecule has 0 aliphatic heterocycles. The molecule has 0 heteroatoms. The van der Waals surface area contributed by atoms with Crippen molar-refractivity contribution in [3.8, 4) is 0 Å². The van der Waals surface area contributed by atoms with Gasteiger partial charge in [-0.15, -0.1) is 0 Å². The van der Waals surface area contributed by atoms with Gasteiger partial charge in [-0.2, -0.15) is 0 Å². The van der Waals surface area contributed by atoms with Crippen LogP contribution in [-0.4, -0.2) is 0 Å². The van der Waals surface area contributed by atoms with Gasteiger partial charge in [0.25, 0.3) is 0 Å². The lowest BCUT2D eigenvalue weighted by atomic mass is 9.81. The molecule has 0 amide bonds. The van der Waals surface area contributed by atoms with Crippen LogP contribution in [0.25, 0.3) is 16.3 Å². The van der Waals surface area contributed by atoms with Gasteiger partial charge in [0, 0.05) is 0 Å². The van der Waals surface area contributed by atoms with Crippen LogP contribution in [0.5, 0.6) is 0 Å². The molecule has 2 aromatic rings.